The van der Waals surface area contributed by atoms with Crippen LogP contribution in [0.1, 0.15) is 63.9 Å². The Labute approximate surface area is 153 Å². The number of rotatable bonds is 5. The molecule has 140 valence electrons. The Balaban J connectivity index is 1.89. The molecule has 1 heterocycles. The summed E-state index contributed by atoms with van der Waals surface area (Å²) >= 11 is 0. The van der Waals surface area contributed by atoms with E-state index in [1.165, 1.54) is 24.4 Å². The Morgan fingerprint density at radius 3 is 2.54 bits per heavy atom. The molecule has 6 nitrogen and oxygen atoms in total. The van der Waals surface area contributed by atoms with E-state index in [9.17, 15) is 9.59 Å². The highest BCUT2D eigenvalue weighted by Gasteiger charge is 2.21. The second kappa shape index (κ2) is 7.09. The molecule has 26 heavy (non-hydrogen) atoms. The van der Waals surface area contributed by atoms with Crippen LogP contribution in [0.5, 0.6) is 5.75 Å². The smallest absolute Gasteiger partial charge is 0.328 e. The first-order valence-electron chi connectivity index (χ1n) is 9.13. The Morgan fingerprint density at radius 1 is 1.23 bits per heavy atom. The van der Waals surface area contributed by atoms with Crippen molar-refractivity contribution in [2.24, 2.45) is 0 Å². The Kier molecular flexibility index (Phi) is 5.03. The number of fused-ring (bicyclic) bond motifs is 1. The first-order valence-corrected chi connectivity index (χ1v) is 9.13. The second-order valence-corrected chi connectivity index (χ2v) is 7.85. The van der Waals surface area contributed by atoms with Gasteiger partial charge in [0.25, 0.3) is 0 Å². The van der Waals surface area contributed by atoms with Crippen molar-refractivity contribution in [1.82, 2.24) is 9.78 Å². The summed E-state index contributed by atoms with van der Waals surface area (Å²) in [5.74, 6) is 0.211. The summed E-state index contributed by atoms with van der Waals surface area (Å²) in [5.41, 5.74) is 0.506. The fourth-order valence-corrected chi connectivity index (χ4v) is 3.31. The van der Waals surface area contributed by atoms with Crippen molar-refractivity contribution in [3.8, 4) is 5.75 Å². The predicted octanol–water partition coefficient (Wildman–Crippen LogP) is 3.90. The van der Waals surface area contributed by atoms with Gasteiger partial charge < -0.3 is 9.47 Å². The highest BCUT2D eigenvalue weighted by atomic mass is 16.6. The van der Waals surface area contributed by atoms with Gasteiger partial charge in [-0.25, -0.2) is 0 Å². The van der Waals surface area contributed by atoms with Crippen molar-refractivity contribution in [3.63, 3.8) is 0 Å². The van der Waals surface area contributed by atoms with Crippen LogP contribution < -0.4 is 4.74 Å². The third-order valence-electron chi connectivity index (χ3n) is 4.36. The molecule has 0 aliphatic heterocycles. The van der Waals surface area contributed by atoms with Gasteiger partial charge in [-0.05, 0) is 64.7 Å². The van der Waals surface area contributed by atoms with Gasteiger partial charge in [-0.1, -0.05) is 0 Å². The zero-order valence-electron chi connectivity index (χ0n) is 15.9. The van der Waals surface area contributed by atoms with Crippen LogP contribution in [0.15, 0.2) is 18.2 Å². The van der Waals surface area contributed by atoms with E-state index in [-0.39, 0.29) is 24.4 Å². The minimum Gasteiger partial charge on any atom is -0.490 e. The summed E-state index contributed by atoms with van der Waals surface area (Å²) in [4.78, 5) is 24.2. The molecule has 2 aromatic rings. The number of ether oxygens (including phenoxy) is 2. The van der Waals surface area contributed by atoms with Crippen molar-refractivity contribution in [2.45, 2.75) is 71.6 Å². The quantitative estimate of drug-likeness (QED) is 0.599. The van der Waals surface area contributed by atoms with Crippen molar-refractivity contribution >= 4 is 22.7 Å². The number of hydrogen-bond donors (Lipinski definition) is 0. The minimum absolute atomic E-state index is 0.0378. The lowest BCUT2D eigenvalue weighted by Gasteiger charge is -2.19. The highest BCUT2D eigenvalue weighted by molar-refractivity contribution is 6.05. The van der Waals surface area contributed by atoms with Gasteiger partial charge in [0, 0.05) is 12.3 Å². The van der Waals surface area contributed by atoms with E-state index in [1.54, 1.807) is 0 Å². The van der Waals surface area contributed by atoms with Crippen LogP contribution in [0.2, 0.25) is 0 Å². The van der Waals surface area contributed by atoms with Crippen molar-refractivity contribution in [1.29, 1.82) is 0 Å². The largest absolute Gasteiger partial charge is 0.490 e. The molecule has 0 N–H and O–H groups in total. The topological polar surface area (TPSA) is 70.4 Å². The van der Waals surface area contributed by atoms with Crippen LogP contribution in [0.4, 0.5) is 0 Å². The molecule has 1 fully saturated rings. The molecule has 0 bridgehead atoms. The summed E-state index contributed by atoms with van der Waals surface area (Å²) in [6, 6.07) is 5.57. The highest BCUT2D eigenvalue weighted by Crippen LogP contribution is 2.28. The monoisotopic (exact) mass is 358 g/mol. The molecular formula is C20H26N2O4. The molecule has 1 aliphatic rings. The SMILES string of the molecule is CC(=O)c1nn(CC(=O)OC(C)(C)C)c2ccc(OC3CCCC3)cc12. The summed E-state index contributed by atoms with van der Waals surface area (Å²) in [5, 5.41) is 5.05. The van der Waals surface area contributed by atoms with Crippen molar-refractivity contribution < 1.29 is 19.1 Å². The molecule has 0 saturated heterocycles. The summed E-state index contributed by atoms with van der Waals surface area (Å²) in [7, 11) is 0. The molecule has 6 heteroatoms. The maximum absolute atomic E-state index is 12.2. The van der Waals surface area contributed by atoms with Gasteiger partial charge in [0.2, 0.25) is 0 Å². The number of carbonyl (C=O) groups excluding carboxylic acids is 2. The van der Waals surface area contributed by atoms with Gasteiger partial charge in [0.1, 0.15) is 23.6 Å². The van der Waals surface area contributed by atoms with Gasteiger partial charge in [-0.15, -0.1) is 0 Å². The van der Waals surface area contributed by atoms with Gasteiger partial charge in [-0.3, -0.25) is 14.3 Å². The summed E-state index contributed by atoms with van der Waals surface area (Å²) < 4.78 is 12.9. The lowest BCUT2D eigenvalue weighted by atomic mass is 10.1. The molecule has 1 aromatic carbocycles. The third kappa shape index (κ3) is 4.23. The molecule has 0 radical (unpaired) electrons. The molecule has 0 spiro atoms. The van der Waals surface area contributed by atoms with E-state index in [2.05, 4.69) is 5.10 Å². The number of esters is 1. The van der Waals surface area contributed by atoms with Gasteiger partial charge in [0.05, 0.1) is 11.6 Å². The number of aromatic nitrogens is 2. The van der Waals surface area contributed by atoms with Crippen LogP contribution >= 0.6 is 0 Å². The molecule has 1 aliphatic carbocycles. The fraction of sp³-hybridized carbons (Fsp3) is 0.550. The summed E-state index contributed by atoms with van der Waals surface area (Å²) in [6.07, 6.45) is 4.76. The maximum atomic E-state index is 12.2. The average Bonchev–Trinajstić information content (AvgIpc) is 3.13. The van der Waals surface area contributed by atoms with E-state index in [0.29, 0.717) is 11.1 Å². The first kappa shape index (κ1) is 18.4. The van der Waals surface area contributed by atoms with E-state index in [0.717, 1.165) is 24.1 Å². The van der Waals surface area contributed by atoms with Gasteiger partial charge >= 0.3 is 5.97 Å². The van der Waals surface area contributed by atoms with Crippen LogP contribution in [0.3, 0.4) is 0 Å². The van der Waals surface area contributed by atoms with Gasteiger partial charge in [-0.2, -0.15) is 5.10 Å². The lowest BCUT2D eigenvalue weighted by Crippen LogP contribution is -2.26. The molecule has 3 rings (SSSR count). The summed E-state index contributed by atoms with van der Waals surface area (Å²) in [6.45, 7) is 6.90. The number of nitrogens with zero attached hydrogens (tertiary/aromatic N) is 2. The predicted molar refractivity (Wildman–Crippen MR) is 98.5 cm³/mol. The van der Waals surface area contributed by atoms with E-state index < -0.39 is 5.60 Å². The van der Waals surface area contributed by atoms with E-state index >= 15 is 0 Å². The van der Waals surface area contributed by atoms with Crippen LogP contribution in [0.25, 0.3) is 10.9 Å². The lowest BCUT2D eigenvalue weighted by molar-refractivity contribution is -0.155. The number of hydrogen-bond acceptors (Lipinski definition) is 5. The van der Waals surface area contributed by atoms with Crippen LogP contribution in [0, 0.1) is 0 Å². The fourth-order valence-electron chi connectivity index (χ4n) is 3.31. The third-order valence-corrected chi connectivity index (χ3v) is 4.36. The number of carbonyl (C=O) groups is 2. The molecule has 1 saturated carbocycles. The first-order chi connectivity index (χ1) is 12.2. The zero-order chi connectivity index (χ0) is 18.9. The Hall–Kier alpha value is -2.37. The number of Topliss-reactive ketones (excluding diaryl/α,β-unsaturated/α-hetero) is 1. The van der Waals surface area contributed by atoms with Gasteiger partial charge in [0.15, 0.2) is 5.78 Å². The molecule has 0 atom stereocenters. The van der Waals surface area contributed by atoms with Crippen molar-refractivity contribution in [2.75, 3.05) is 0 Å². The second-order valence-electron chi connectivity index (χ2n) is 7.85. The average molecular weight is 358 g/mol. The minimum atomic E-state index is -0.564. The molecule has 0 amide bonds. The molecular weight excluding hydrogens is 332 g/mol. The van der Waals surface area contributed by atoms with Crippen molar-refractivity contribution in [3.05, 3.63) is 23.9 Å². The molecule has 1 aromatic heterocycles. The zero-order valence-corrected chi connectivity index (χ0v) is 15.9. The van der Waals surface area contributed by atoms with Crippen LogP contribution in [-0.4, -0.2) is 33.2 Å². The Bertz CT molecular complexity index is 826. The number of benzene rings is 1. The standard InChI is InChI=1S/C20H26N2O4/c1-13(23)19-16-11-15(25-14-7-5-6-8-14)9-10-17(16)22(21-19)12-18(24)26-20(2,3)4/h9-11,14H,5-8,12H2,1-4H3. The van der Waals surface area contributed by atoms with E-state index in [1.807, 2.05) is 39.0 Å². The van der Waals surface area contributed by atoms with E-state index in [4.69, 9.17) is 9.47 Å². The molecule has 0 unspecified atom stereocenters. The Morgan fingerprint density at radius 2 is 1.92 bits per heavy atom. The van der Waals surface area contributed by atoms with Crippen LogP contribution in [-0.2, 0) is 16.1 Å². The number of ketones is 1. The maximum Gasteiger partial charge on any atom is 0.328 e. The normalized spacial score (nSPS) is 15.4.